The van der Waals surface area contributed by atoms with Crippen molar-refractivity contribution < 1.29 is 22.6 Å². The molecule has 2 N–H and O–H groups in total. The van der Waals surface area contributed by atoms with E-state index in [-0.39, 0.29) is 47.1 Å². The van der Waals surface area contributed by atoms with E-state index in [9.17, 15) is 18.0 Å². The lowest BCUT2D eigenvalue weighted by Crippen LogP contribution is -2.55. The van der Waals surface area contributed by atoms with Crippen molar-refractivity contribution in [1.29, 1.82) is 0 Å². The van der Waals surface area contributed by atoms with Crippen LogP contribution in [0, 0.1) is 40.3 Å². The first-order valence-electron chi connectivity index (χ1n) is 19.0. The standard InChI is InChI=1S/C40H47F3N6O3/c1-38-14-15-40(42,43)20-23(38)6-9-26-28-10-11-31(39(28,2)13-12-29(26)38)52-17-16-51-25-7-4-22(5-8-25)34-33(36-44-21-45-49(36)3)35-32-27(37(50)48-47-35)18-24(41)19-30(32)46-34/h4-5,7-8,18-19,21,23,26,28-29,31,33-34,46H,6,9-17,20H2,1-3H3,(H,48,50)/t23-,26-,28-,29-,31-,33?,34?,38?,39-/m0/s1. The predicted molar refractivity (Wildman–Crippen MR) is 190 cm³/mol. The highest BCUT2D eigenvalue weighted by atomic mass is 19.3. The van der Waals surface area contributed by atoms with E-state index in [0.717, 1.165) is 44.1 Å². The van der Waals surface area contributed by atoms with E-state index in [1.807, 2.05) is 31.3 Å². The molecule has 0 radical (unpaired) electrons. The van der Waals surface area contributed by atoms with Gasteiger partial charge in [0, 0.05) is 31.0 Å². The Hall–Kier alpha value is -3.93. The number of nitrogens with one attached hydrogen (secondary N) is 2. The van der Waals surface area contributed by atoms with Crippen LogP contribution >= 0.6 is 0 Å². The van der Waals surface area contributed by atoms with E-state index < -0.39 is 23.2 Å². The lowest BCUT2D eigenvalue weighted by atomic mass is 9.45. The van der Waals surface area contributed by atoms with Gasteiger partial charge in [-0.3, -0.25) is 9.48 Å². The number of H-pyrrole nitrogens is 1. The van der Waals surface area contributed by atoms with Gasteiger partial charge in [0.15, 0.2) is 0 Å². The summed E-state index contributed by atoms with van der Waals surface area (Å²) in [5, 5.41) is 15.6. The normalized spacial score (nSPS) is 34.6. The lowest BCUT2D eigenvalue weighted by Gasteiger charge is -2.61. The van der Waals surface area contributed by atoms with Crippen molar-refractivity contribution in [2.45, 2.75) is 95.6 Å². The van der Waals surface area contributed by atoms with E-state index in [1.54, 1.807) is 4.68 Å². The zero-order chi connectivity index (χ0) is 36.0. The predicted octanol–water partition coefficient (Wildman–Crippen LogP) is 7.93. The van der Waals surface area contributed by atoms with Gasteiger partial charge in [0.1, 0.15) is 30.3 Å². The lowest BCUT2D eigenvalue weighted by molar-refractivity contribution is -0.170. The summed E-state index contributed by atoms with van der Waals surface area (Å²) >= 11 is 0. The molecular weight excluding hydrogens is 669 g/mol. The van der Waals surface area contributed by atoms with Gasteiger partial charge in [0.25, 0.3) is 5.56 Å². The highest BCUT2D eigenvalue weighted by molar-refractivity contribution is 5.97. The average Bonchev–Trinajstić information content (AvgIpc) is 3.70. The number of aromatic amines is 1. The average molecular weight is 717 g/mol. The van der Waals surface area contributed by atoms with Crippen LogP contribution in [0.4, 0.5) is 18.9 Å². The summed E-state index contributed by atoms with van der Waals surface area (Å²) in [6.07, 6.45) is 8.90. The zero-order valence-corrected chi connectivity index (χ0v) is 30.0. The first-order valence-corrected chi connectivity index (χ1v) is 19.0. The highest BCUT2D eigenvalue weighted by Gasteiger charge is 2.62. The number of fused-ring (bicyclic) bond motifs is 5. The maximum Gasteiger partial charge on any atom is 0.272 e. The molecule has 0 amide bonds. The molecule has 9 rings (SSSR count). The topological polar surface area (TPSA) is 107 Å². The number of aromatic nitrogens is 5. The van der Waals surface area contributed by atoms with Gasteiger partial charge < -0.3 is 14.8 Å². The first kappa shape index (κ1) is 33.9. The number of alkyl halides is 2. The second-order valence-corrected chi connectivity index (χ2v) is 16.8. The molecule has 4 saturated carbocycles. The third-order valence-corrected chi connectivity index (χ3v) is 14.3. The molecular formula is C40H47F3N6O3. The van der Waals surface area contributed by atoms with Crippen LogP contribution in [0.2, 0.25) is 0 Å². The van der Waals surface area contributed by atoms with E-state index in [1.165, 1.54) is 18.5 Å². The van der Waals surface area contributed by atoms with Gasteiger partial charge in [-0.05, 0) is 109 Å². The summed E-state index contributed by atoms with van der Waals surface area (Å²) in [7, 11) is 1.81. The molecule has 52 heavy (non-hydrogen) atoms. The number of aryl methyl sites for hydroxylation is 1. The molecule has 1 aliphatic heterocycles. The van der Waals surface area contributed by atoms with Crippen LogP contribution in [-0.4, -0.2) is 50.2 Å². The van der Waals surface area contributed by atoms with Crippen molar-refractivity contribution >= 4 is 16.5 Å². The molecule has 9 nitrogen and oxygen atoms in total. The summed E-state index contributed by atoms with van der Waals surface area (Å²) < 4.78 is 57.8. The summed E-state index contributed by atoms with van der Waals surface area (Å²) in [6.45, 7) is 5.67. The minimum absolute atomic E-state index is 0.0469. The Bertz CT molecular complexity index is 2050. The van der Waals surface area contributed by atoms with Gasteiger partial charge in [0.05, 0.1) is 35.8 Å². The fraction of sp³-hybridized carbons (Fsp3) is 0.600. The third-order valence-electron chi connectivity index (χ3n) is 14.3. The maximum absolute atomic E-state index is 14.7. The molecule has 2 aromatic heterocycles. The first-order chi connectivity index (χ1) is 24.9. The Morgan fingerprint density at radius 2 is 1.77 bits per heavy atom. The molecule has 0 saturated heterocycles. The minimum atomic E-state index is -2.49. The molecule has 3 heterocycles. The summed E-state index contributed by atoms with van der Waals surface area (Å²) in [5.41, 5.74) is 1.72. The van der Waals surface area contributed by atoms with Crippen LogP contribution in [0.15, 0.2) is 47.5 Å². The Labute approximate surface area is 301 Å². The zero-order valence-electron chi connectivity index (χ0n) is 30.0. The van der Waals surface area contributed by atoms with Crippen molar-refractivity contribution in [3.63, 3.8) is 0 Å². The number of halogens is 3. The highest BCUT2D eigenvalue weighted by Crippen LogP contribution is 2.67. The Kier molecular flexibility index (Phi) is 8.02. The number of hydrogen-bond donors (Lipinski definition) is 2. The second-order valence-electron chi connectivity index (χ2n) is 16.8. The molecule has 5 aliphatic rings. The molecule has 12 heteroatoms. The molecule has 9 atom stereocenters. The largest absolute Gasteiger partial charge is 0.491 e. The Morgan fingerprint density at radius 1 is 0.962 bits per heavy atom. The van der Waals surface area contributed by atoms with Gasteiger partial charge >= 0.3 is 0 Å². The van der Waals surface area contributed by atoms with Crippen molar-refractivity contribution in [1.82, 2.24) is 25.0 Å². The quantitative estimate of drug-likeness (QED) is 0.187. The van der Waals surface area contributed by atoms with Crippen molar-refractivity contribution in [2.24, 2.45) is 41.5 Å². The molecule has 4 aromatic rings. The number of benzene rings is 2. The maximum atomic E-state index is 14.7. The van der Waals surface area contributed by atoms with Crippen LogP contribution < -0.4 is 15.6 Å². The molecule has 0 spiro atoms. The van der Waals surface area contributed by atoms with E-state index in [4.69, 9.17) is 9.47 Å². The second kappa shape index (κ2) is 12.3. The van der Waals surface area contributed by atoms with E-state index in [2.05, 4.69) is 39.4 Å². The fourth-order valence-electron chi connectivity index (χ4n) is 11.7. The molecule has 3 unspecified atom stereocenters. The number of nitrogens with zero attached hydrogens (tertiary/aromatic N) is 4. The van der Waals surface area contributed by atoms with Crippen LogP contribution in [0.25, 0.3) is 10.8 Å². The minimum Gasteiger partial charge on any atom is -0.491 e. The van der Waals surface area contributed by atoms with Crippen LogP contribution in [0.3, 0.4) is 0 Å². The molecule has 2 aromatic carbocycles. The van der Waals surface area contributed by atoms with Gasteiger partial charge in [0.2, 0.25) is 5.92 Å². The van der Waals surface area contributed by atoms with Crippen LogP contribution in [0.1, 0.15) is 101 Å². The van der Waals surface area contributed by atoms with Crippen molar-refractivity contribution in [2.75, 3.05) is 18.5 Å². The Balaban J connectivity index is 0.855. The van der Waals surface area contributed by atoms with E-state index >= 15 is 0 Å². The van der Waals surface area contributed by atoms with Gasteiger partial charge in [-0.2, -0.15) is 10.2 Å². The number of ether oxygens (including phenoxy) is 2. The summed E-state index contributed by atoms with van der Waals surface area (Å²) in [5.74, 6) is -0.136. The van der Waals surface area contributed by atoms with Gasteiger partial charge in [-0.25, -0.2) is 23.3 Å². The van der Waals surface area contributed by atoms with Gasteiger partial charge in [-0.15, -0.1) is 0 Å². The number of anilines is 1. The van der Waals surface area contributed by atoms with Crippen molar-refractivity contribution in [3.8, 4) is 5.75 Å². The SMILES string of the molecule is Cn1ncnc1C1c2n[nH]c(=O)c3cc(F)cc(c23)NC1c1ccc(OCCO[C@H]2CC[C@H]3[C@@H]4CC[C@H]5CC(F)(F)CCC5(C)[C@H]4CC[C@]23C)cc1. The fourth-order valence-corrected chi connectivity index (χ4v) is 11.7. The molecule has 4 fully saturated rings. The number of hydrogen-bond acceptors (Lipinski definition) is 7. The van der Waals surface area contributed by atoms with Crippen LogP contribution in [0.5, 0.6) is 5.75 Å². The molecule has 0 bridgehead atoms. The van der Waals surface area contributed by atoms with E-state index in [0.29, 0.717) is 65.7 Å². The molecule has 276 valence electrons. The van der Waals surface area contributed by atoms with Gasteiger partial charge in [-0.1, -0.05) is 26.0 Å². The Morgan fingerprint density at radius 3 is 2.56 bits per heavy atom. The monoisotopic (exact) mass is 716 g/mol. The third kappa shape index (κ3) is 5.37. The van der Waals surface area contributed by atoms with Crippen LogP contribution in [-0.2, 0) is 11.8 Å². The summed E-state index contributed by atoms with van der Waals surface area (Å²) in [6, 6.07) is 10.1. The number of rotatable bonds is 7. The summed E-state index contributed by atoms with van der Waals surface area (Å²) in [4.78, 5) is 17.1. The van der Waals surface area contributed by atoms with Crippen molar-refractivity contribution in [3.05, 3.63) is 76.0 Å². The molecule has 4 aliphatic carbocycles. The smallest absolute Gasteiger partial charge is 0.272 e.